The summed E-state index contributed by atoms with van der Waals surface area (Å²) in [5, 5.41) is 4.99. The Balaban J connectivity index is 1.85. The van der Waals surface area contributed by atoms with Gasteiger partial charge in [-0.3, -0.25) is 4.68 Å². The van der Waals surface area contributed by atoms with Gasteiger partial charge in [-0.1, -0.05) is 33.1 Å². The molecule has 1 atom stereocenters. The predicted molar refractivity (Wildman–Crippen MR) is 77.1 cm³/mol. The second kappa shape index (κ2) is 6.60. The van der Waals surface area contributed by atoms with Gasteiger partial charge in [0.2, 0.25) is 0 Å². The first-order valence-electron chi connectivity index (χ1n) is 7.35. The molecule has 1 heterocycles. The van der Waals surface area contributed by atoms with E-state index in [0.29, 0.717) is 12.0 Å². The van der Waals surface area contributed by atoms with E-state index in [9.17, 15) is 0 Å². The lowest BCUT2D eigenvalue weighted by Crippen LogP contribution is -2.14. The van der Waals surface area contributed by atoms with Crippen LogP contribution in [0.4, 0.5) is 0 Å². The zero-order valence-corrected chi connectivity index (χ0v) is 12.4. The van der Waals surface area contributed by atoms with E-state index >= 15 is 0 Å². The van der Waals surface area contributed by atoms with Crippen molar-refractivity contribution >= 4 is 11.6 Å². The molecule has 0 saturated heterocycles. The van der Waals surface area contributed by atoms with E-state index in [1.54, 1.807) is 0 Å². The lowest BCUT2D eigenvalue weighted by atomic mass is 9.96. The molecule has 2 nitrogen and oxygen atoms in total. The molecule has 0 bridgehead atoms. The van der Waals surface area contributed by atoms with E-state index in [2.05, 4.69) is 30.8 Å². The van der Waals surface area contributed by atoms with E-state index in [1.807, 2.05) is 0 Å². The maximum absolute atomic E-state index is 6.29. The summed E-state index contributed by atoms with van der Waals surface area (Å²) in [5.74, 6) is 0.548. The number of hydrogen-bond acceptors (Lipinski definition) is 1. The van der Waals surface area contributed by atoms with E-state index < -0.39 is 0 Å². The minimum absolute atomic E-state index is 0.268. The molecule has 18 heavy (non-hydrogen) atoms. The van der Waals surface area contributed by atoms with Crippen LogP contribution in [-0.4, -0.2) is 15.2 Å². The summed E-state index contributed by atoms with van der Waals surface area (Å²) in [6.45, 7) is 4.36. The summed E-state index contributed by atoms with van der Waals surface area (Å²) in [4.78, 5) is 0. The van der Waals surface area contributed by atoms with Gasteiger partial charge in [0.1, 0.15) is 0 Å². The molecule has 1 aliphatic carbocycles. The molecule has 0 aromatic carbocycles. The molecule has 0 aliphatic heterocycles. The smallest absolute Gasteiger partial charge is 0.0625 e. The molecule has 0 N–H and O–H groups in total. The van der Waals surface area contributed by atoms with Crippen molar-refractivity contribution < 1.29 is 0 Å². The molecule has 102 valence electrons. The fourth-order valence-electron chi connectivity index (χ4n) is 2.68. The van der Waals surface area contributed by atoms with Crippen LogP contribution < -0.4 is 0 Å². The van der Waals surface area contributed by atoms with Crippen LogP contribution in [0.15, 0.2) is 12.3 Å². The molecule has 0 radical (unpaired) electrons. The van der Waals surface area contributed by atoms with Gasteiger partial charge < -0.3 is 0 Å². The lowest BCUT2D eigenvalue weighted by molar-refractivity contribution is 0.328. The zero-order valence-electron chi connectivity index (χ0n) is 11.6. The van der Waals surface area contributed by atoms with Crippen molar-refractivity contribution in [1.29, 1.82) is 0 Å². The number of hydrogen-bond donors (Lipinski definition) is 0. The fourth-order valence-corrected chi connectivity index (χ4v) is 2.79. The molecule has 1 fully saturated rings. The van der Waals surface area contributed by atoms with E-state index in [-0.39, 0.29) is 5.38 Å². The van der Waals surface area contributed by atoms with E-state index in [4.69, 9.17) is 16.7 Å². The first kappa shape index (κ1) is 13.9. The van der Waals surface area contributed by atoms with Crippen LogP contribution in [0.2, 0.25) is 0 Å². The van der Waals surface area contributed by atoms with Crippen molar-refractivity contribution in [2.75, 3.05) is 0 Å². The van der Waals surface area contributed by atoms with Crippen molar-refractivity contribution in [2.24, 2.45) is 5.92 Å². The lowest BCUT2D eigenvalue weighted by Gasteiger charge is -2.21. The largest absolute Gasteiger partial charge is 0.269 e. The van der Waals surface area contributed by atoms with Crippen molar-refractivity contribution in [1.82, 2.24) is 9.78 Å². The number of aromatic nitrogens is 2. The van der Waals surface area contributed by atoms with Crippen molar-refractivity contribution in [3.05, 3.63) is 18.0 Å². The molecule has 0 amide bonds. The van der Waals surface area contributed by atoms with Crippen LogP contribution in [0.5, 0.6) is 0 Å². The Bertz CT molecular complexity index is 353. The van der Waals surface area contributed by atoms with E-state index in [0.717, 1.165) is 12.8 Å². The molecular formula is C15H25ClN2. The SMILES string of the molecule is CC(C)C(Cl)CCc1ccn(C2CCCCC2)n1. The highest BCUT2D eigenvalue weighted by molar-refractivity contribution is 6.20. The number of alkyl halides is 1. The normalized spacial score (nSPS) is 19.3. The molecular weight excluding hydrogens is 244 g/mol. The molecule has 3 heteroatoms. The van der Waals surface area contributed by atoms with Gasteiger partial charge in [-0.2, -0.15) is 5.10 Å². The summed E-state index contributed by atoms with van der Waals surface area (Å²) < 4.78 is 2.19. The van der Waals surface area contributed by atoms with Crippen molar-refractivity contribution in [3.8, 4) is 0 Å². The van der Waals surface area contributed by atoms with Gasteiger partial charge in [-0.05, 0) is 37.7 Å². The number of halogens is 1. The average molecular weight is 269 g/mol. The first-order valence-corrected chi connectivity index (χ1v) is 7.78. The Morgan fingerprint density at radius 2 is 2.06 bits per heavy atom. The van der Waals surface area contributed by atoms with E-state index in [1.165, 1.54) is 37.8 Å². The molecule has 1 unspecified atom stereocenters. The van der Waals surface area contributed by atoms with Gasteiger partial charge in [0.05, 0.1) is 11.7 Å². The highest BCUT2D eigenvalue weighted by atomic mass is 35.5. The topological polar surface area (TPSA) is 17.8 Å². The quantitative estimate of drug-likeness (QED) is 0.715. The summed E-state index contributed by atoms with van der Waals surface area (Å²) >= 11 is 6.29. The van der Waals surface area contributed by atoms with Crippen LogP contribution in [0, 0.1) is 5.92 Å². The Morgan fingerprint density at radius 1 is 1.33 bits per heavy atom. The summed E-state index contributed by atoms with van der Waals surface area (Å²) in [6, 6.07) is 2.81. The van der Waals surface area contributed by atoms with Crippen LogP contribution in [-0.2, 0) is 6.42 Å². The average Bonchev–Trinajstić information content (AvgIpc) is 2.85. The number of aryl methyl sites for hydroxylation is 1. The maximum Gasteiger partial charge on any atom is 0.0625 e. The minimum Gasteiger partial charge on any atom is -0.269 e. The van der Waals surface area contributed by atoms with Gasteiger partial charge in [0.25, 0.3) is 0 Å². The Morgan fingerprint density at radius 3 is 2.72 bits per heavy atom. The molecule has 1 aromatic rings. The summed E-state index contributed by atoms with van der Waals surface area (Å²) in [5.41, 5.74) is 1.20. The summed E-state index contributed by atoms with van der Waals surface area (Å²) in [7, 11) is 0. The Hall–Kier alpha value is -0.500. The highest BCUT2D eigenvalue weighted by Crippen LogP contribution is 2.27. The molecule has 1 aromatic heterocycles. The van der Waals surface area contributed by atoms with Crippen molar-refractivity contribution in [2.45, 2.75) is 70.2 Å². The third-order valence-corrected chi connectivity index (χ3v) is 4.73. The van der Waals surface area contributed by atoms with Crippen LogP contribution in [0.25, 0.3) is 0 Å². The predicted octanol–water partition coefficient (Wildman–Crippen LogP) is 4.58. The Kier molecular flexibility index (Phi) is 5.11. The standard InChI is InChI=1S/C15H25ClN2/c1-12(2)15(16)9-8-13-10-11-18(17-13)14-6-4-3-5-7-14/h10-12,14-15H,3-9H2,1-2H3. The van der Waals surface area contributed by atoms with Gasteiger partial charge in [0.15, 0.2) is 0 Å². The van der Waals surface area contributed by atoms with Crippen LogP contribution >= 0.6 is 11.6 Å². The van der Waals surface area contributed by atoms with Gasteiger partial charge in [0, 0.05) is 11.6 Å². The molecule has 1 aliphatic rings. The molecule has 1 saturated carbocycles. The first-order chi connectivity index (χ1) is 8.66. The van der Waals surface area contributed by atoms with Gasteiger partial charge in [-0.25, -0.2) is 0 Å². The third-order valence-electron chi connectivity index (χ3n) is 4.01. The Labute approximate surface area is 116 Å². The van der Waals surface area contributed by atoms with Crippen LogP contribution in [0.3, 0.4) is 0 Å². The molecule has 0 spiro atoms. The third kappa shape index (κ3) is 3.74. The van der Waals surface area contributed by atoms with Crippen LogP contribution in [0.1, 0.15) is 64.1 Å². The zero-order chi connectivity index (χ0) is 13.0. The second-order valence-electron chi connectivity index (χ2n) is 5.88. The van der Waals surface area contributed by atoms with Crippen molar-refractivity contribution in [3.63, 3.8) is 0 Å². The molecule has 2 rings (SSSR count). The number of nitrogens with zero attached hydrogens (tertiary/aromatic N) is 2. The monoisotopic (exact) mass is 268 g/mol. The van der Waals surface area contributed by atoms with Gasteiger partial charge >= 0.3 is 0 Å². The second-order valence-corrected chi connectivity index (χ2v) is 6.44. The number of rotatable bonds is 5. The highest BCUT2D eigenvalue weighted by Gasteiger charge is 2.16. The summed E-state index contributed by atoms with van der Waals surface area (Å²) in [6.07, 6.45) is 10.9. The fraction of sp³-hybridized carbons (Fsp3) is 0.800. The van der Waals surface area contributed by atoms with Gasteiger partial charge in [-0.15, -0.1) is 11.6 Å². The maximum atomic E-state index is 6.29. The minimum atomic E-state index is 0.268.